The first-order valence-electron chi connectivity index (χ1n) is 6.75. The molecule has 3 nitrogen and oxygen atoms in total. The van der Waals surface area contributed by atoms with Crippen LogP contribution >= 0.6 is 11.8 Å². The molecule has 0 unspecified atom stereocenters. The van der Waals surface area contributed by atoms with E-state index >= 15 is 0 Å². The molecule has 0 fully saturated rings. The van der Waals surface area contributed by atoms with Crippen molar-refractivity contribution in [2.75, 3.05) is 5.75 Å². The number of carboxylic acid groups (broad SMARTS) is 1. The van der Waals surface area contributed by atoms with Gasteiger partial charge in [0.15, 0.2) is 0 Å². The number of aryl methyl sites for hydroxylation is 1. The molecule has 3 aromatic rings. The molecule has 0 aliphatic heterocycles. The van der Waals surface area contributed by atoms with Crippen molar-refractivity contribution in [2.24, 2.45) is 0 Å². The molecule has 1 aromatic heterocycles. The topological polar surface area (TPSA) is 42.2 Å². The zero-order chi connectivity index (χ0) is 14.7. The Labute approximate surface area is 127 Å². The number of nitrogens with zero attached hydrogens (tertiary/aromatic N) is 1. The quantitative estimate of drug-likeness (QED) is 0.720. The van der Waals surface area contributed by atoms with Crippen molar-refractivity contribution in [3.63, 3.8) is 0 Å². The molecule has 106 valence electrons. The van der Waals surface area contributed by atoms with Crippen molar-refractivity contribution in [3.8, 4) is 0 Å². The highest BCUT2D eigenvalue weighted by atomic mass is 32.2. The summed E-state index contributed by atoms with van der Waals surface area (Å²) in [5.74, 6) is -0.0425. The lowest BCUT2D eigenvalue weighted by Gasteiger charge is -2.08. The van der Waals surface area contributed by atoms with Gasteiger partial charge >= 0.3 is 5.97 Å². The van der Waals surface area contributed by atoms with E-state index in [1.807, 2.05) is 47.0 Å². The first-order valence-corrected chi connectivity index (χ1v) is 7.73. The van der Waals surface area contributed by atoms with Gasteiger partial charge in [0.2, 0.25) is 0 Å². The molecule has 0 spiro atoms. The average Bonchev–Trinajstić information content (AvgIpc) is 2.88. The van der Waals surface area contributed by atoms with Gasteiger partial charge in [0, 0.05) is 28.1 Å². The van der Waals surface area contributed by atoms with Crippen LogP contribution in [0, 0.1) is 0 Å². The van der Waals surface area contributed by atoms with E-state index in [0.29, 0.717) is 12.2 Å². The van der Waals surface area contributed by atoms with E-state index in [1.54, 1.807) is 17.8 Å². The molecule has 21 heavy (non-hydrogen) atoms. The summed E-state index contributed by atoms with van der Waals surface area (Å²) in [7, 11) is 0. The first kappa shape index (κ1) is 13.8. The van der Waals surface area contributed by atoms with Crippen molar-refractivity contribution in [2.45, 2.75) is 11.4 Å². The molecule has 0 atom stereocenters. The van der Waals surface area contributed by atoms with Gasteiger partial charge in [-0.05, 0) is 24.3 Å². The minimum atomic E-state index is -0.879. The largest absolute Gasteiger partial charge is 0.477 e. The van der Waals surface area contributed by atoms with Gasteiger partial charge in [0.25, 0.3) is 0 Å². The Morgan fingerprint density at radius 1 is 1.05 bits per heavy atom. The fraction of sp³-hybridized carbons (Fsp3) is 0.118. The summed E-state index contributed by atoms with van der Waals surface area (Å²) >= 11 is 1.73. The number of rotatable bonds is 5. The minimum absolute atomic E-state index is 0.352. The van der Waals surface area contributed by atoms with Gasteiger partial charge in [-0.2, -0.15) is 0 Å². The zero-order valence-corrected chi connectivity index (χ0v) is 12.2. The van der Waals surface area contributed by atoms with E-state index in [2.05, 4.69) is 12.1 Å². The number of thioether (sulfide) groups is 1. The average molecular weight is 297 g/mol. The van der Waals surface area contributed by atoms with Crippen LogP contribution in [0.15, 0.2) is 65.6 Å². The third-order valence-corrected chi connectivity index (χ3v) is 4.35. The molecule has 2 aromatic carbocycles. The second kappa shape index (κ2) is 6.06. The molecule has 0 bridgehead atoms. The van der Waals surface area contributed by atoms with E-state index in [-0.39, 0.29) is 0 Å². The maximum Gasteiger partial charge on any atom is 0.352 e. The number of carboxylic acids is 1. The molecule has 0 aliphatic rings. The maximum atomic E-state index is 11.4. The van der Waals surface area contributed by atoms with Crippen molar-refractivity contribution in [3.05, 3.63) is 66.4 Å². The monoisotopic (exact) mass is 297 g/mol. The summed E-state index contributed by atoms with van der Waals surface area (Å²) in [5.41, 5.74) is 1.33. The van der Waals surface area contributed by atoms with Crippen LogP contribution in [0.25, 0.3) is 10.9 Å². The predicted molar refractivity (Wildman–Crippen MR) is 86.1 cm³/mol. The summed E-state index contributed by atoms with van der Waals surface area (Å²) in [6, 6.07) is 19.7. The molecular formula is C17H15NO2S. The fourth-order valence-corrected chi connectivity index (χ4v) is 3.26. The Morgan fingerprint density at radius 2 is 1.76 bits per heavy atom. The predicted octanol–water partition coefficient (Wildman–Crippen LogP) is 4.13. The molecule has 0 saturated heterocycles. The lowest BCUT2D eigenvalue weighted by Crippen LogP contribution is -2.09. The smallest absolute Gasteiger partial charge is 0.352 e. The lowest BCUT2D eigenvalue weighted by atomic mass is 10.2. The highest BCUT2D eigenvalue weighted by Crippen LogP contribution is 2.22. The van der Waals surface area contributed by atoms with E-state index < -0.39 is 5.97 Å². The highest BCUT2D eigenvalue weighted by Gasteiger charge is 2.13. The van der Waals surface area contributed by atoms with E-state index in [1.165, 1.54) is 4.90 Å². The van der Waals surface area contributed by atoms with Gasteiger partial charge < -0.3 is 9.67 Å². The van der Waals surface area contributed by atoms with Crippen LogP contribution in [0.5, 0.6) is 0 Å². The Morgan fingerprint density at radius 3 is 2.52 bits per heavy atom. The highest BCUT2D eigenvalue weighted by molar-refractivity contribution is 7.99. The fourth-order valence-electron chi connectivity index (χ4n) is 2.40. The number of para-hydroxylation sites is 1. The summed E-state index contributed by atoms with van der Waals surface area (Å²) in [6.45, 7) is 0.675. The standard InChI is InChI=1S/C17H15NO2S/c19-17(20)16-12-13-6-4-5-9-15(13)18(16)10-11-21-14-7-2-1-3-8-14/h1-9,12H,10-11H2,(H,19,20). The SMILES string of the molecule is O=C(O)c1cc2ccccc2n1CCSc1ccccc1. The van der Waals surface area contributed by atoms with Gasteiger partial charge in [-0.25, -0.2) is 4.79 Å². The van der Waals surface area contributed by atoms with Crippen LogP contribution in [0.1, 0.15) is 10.5 Å². The molecule has 1 heterocycles. The first-order chi connectivity index (χ1) is 10.3. The normalized spacial score (nSPS) is 10.9. The number of fused-ring (bicyclic) bond motifs is 1. The second-order valence-corrected chi connectivity index (χ2v) is 5.88. The van der Waals surface area contributed by atoms with E-state index in [9.17, 15) is 9.90 Å². The number of hydrogen-bond acceptors (Lipinski definition) is 2. The van der Waals surface area contributed by atoms with Crippen molar-refractivity contribution < 1.29 is 9.90 Å². The number of hydrogen-bond donors (Lipinski definition) is 1. The van der Waals surface area contributed by atoms with Gasteiger partial charge in [0.05, 0.1) is 0 Å². The van der Waals surface area contributed by atoms with E-state index in [0.717, 1.165) is 16.7 Å². The molecule has 4 heteroatoms. The van der Waals surface area contributed by atoms with E-state index in [4.69, 9.17) is 0 Å². The number of benzene rings is 2. The minimum Gasteiger partial charge on any atom is -0.477 e. The molecule has 0 radical (unpaired) electrons. The van der Waals surface area contributed by atoms with Crippen molar-refractivity contribution >= 4 is 28.6 Å². The summed E-state index contributed by atoms with van der Waals surface area (Å²) in [4.78, 5) is 12.6. The summed E-state index contributed by atoms with van der Waals surface area (Å²) < 4.78 is 1.88. The van der Waals surface area contributed by atoms with Gasteiger partial charge in [-0.15, -0.1) is 11.8 Å². The summed E-state index contributed by atoms with van der Waals surface area (Å²) in [5, 5.41) is 10.3. The van der Waals surface area contributed by atoms with Crippen LogP contribution in [0.3, 0.4) is 0 Å². The molecule has 3 rings (SSSR count). The van der Waals surface area contributed by atoms with Crippen LogP contribution in [0.4, 0.5) is 0 Å². The second-order valence-electron chi connectivity index (χ2n) is 4.71. The van der Waals surface area contributed by atoms with Crippen LogP contribution in [0.2, 0.25) is 0 Å². The van der Waals surface area contributed by atoms with Gasteiger partial charge in [0.1, 0.15) is 5.69 Å². The molecule has 0 amide bonds. The van der Waals surface area contributed by atoms with Crippen LogP contribution in [-0.2, 0) is 6.54 Å². The zero-order valence-electron chi connectivity index (χ0n) is 11.4. The molecule has 1 N–H and O–H groups in total. The molecule has 0 saturated carbocycles. The lowest BCUT2D eigenvalue weighted by molar-refractivity contribution is 0.0686. The third kappa shape index (κ3) is 2.95. The number of carbonyl (C=O) groups is 1. The van der Waals surface area contributed by atoms with Crippen molar-refractivity contribution in [1.82, 2.24) is 4.57 Å². The van der Waals surface area contributed by atoms with Gasteiger partial charge in [-0.3, -0.25) is 0 Å². The van der Waals surface area contributed by atoms with Crippen LogP contribution < -0.4 is 0 Å². The Kier molecular flexibility index (Phi) is 3.97. The Hall–Kier alpha value is -2.20. The summed E-state index contributed by atoms with van der Waals surface area (Å²) in [6.07, 6.45) is 0. The molecule has 0 aliphatic carbocycles. The maximum absolute atomic E-state index is 11.4. The molecular weight excluding hydrogens is 282 g/mol. The number of aromatic carboxylic acids is 1. The van der Waals surface area contributed by atoms with Crippen molar-refractivity contribution in [1.29, 1.82) is 0 Å². The Balaban J connectivity index is 1.82. The van der Waals surface area contributed by atoms with Crippen LogP contribution in [-0.4, -0.2) is 21.4 Å². The Bertz CT molecular complexity index is 765. The third-order valence-electron chi connectivity index (χ3n) is 3.36. The van der Waals surface area contributed by atoms with Gasteiger partial charge in [-0.1, -0.05) is 36.4 Å². The number of aromatic nitrogens is 1.